The summed E-state index contributed by atoms with van der Waals surface area (Å²) in [4.78, 5) is 17.4. The normalized spacial score (nSPS) is 39.4. The summed E-state index contributed by atoms with van der Waals surface area (Å²) in [6.45, 7) is 12.9. The number of nitrogens with zero attached hydrogens (tertiary/aromatic N) is 1. The monoisotopic (exact) mass is 488 g/mol. The van der Waals surface area contributed by atoms with E-state index < -0.39 is 6.09 Å². The molecule has 0 aliphatic heterocycles. The van der Waals surface area contributed by atoms with Crippen LogP contribution in [0.2, 0.25) is 0 Å². The molecule has 35 heavy (non-hydrogen) atoms. The number of rotatable bonds is 9. The predicted octanol–water partition coefficient (Wildman–Crippen LogP) is 7.27. The molecule has 0 bridgehead atoms. The largest absolute Gasteiger partial charge is 0.463 e. The fourth-order valence-corrected chi connectivity index (χ4v) is 9.23. The number of nitrogens with two attached hydrogens (primary N) is 1. The van der Waals surface area contributed by atoms with Crippen molar-refractivity contribution in [1.82, 2.24) is 5.06 Å². The highest BCUT2D eigenvalue weighted by Gasteiger charge is 2.59. The Bertz CT molecular complexity index is 782. The fraction of sp³-hybridized carbons (Fsp3) is 0.900. The van der Waals surface area contributed by atoms with Crippen LogP contribution in [0.4, 0.5) is 4.79 Å². The van der Waals surface area contributed by atoms with Gasteiger partial charge in [-0.15, -0.1) is 0 Å². The number of hydrogen-bond donors (Lipinski definition) is 2. The van der Waals surface area contributed by atoms with Crippen molar-refractivity contribution in [2.24, 2.45) is 52.1 Å². The third-order valence-corrected chi connectivity index (χ3v) is 11.1. The molecule has 1 amide bonds. The lowest BCUT2D eigenvalue weighted by atomic mass is 9.47. The van der Waals surface area contributed by atoms with Crippen LogP contribution >= 0.6 is 0 Å². The van der Waals surface area contributed by atoms with Crippen molar-refractivity contribution in [3.63, 3.8) is 0 Å². The first-order valence-electron chi connectivity index (χ1n) is 14.7. The lowest BCUT2D eigenvalue weighted by Crippen LogP contribution is -2.51. The molecule has 3 N–H and O–H groups in total. The van der Waals surface area contributed by atoms with Gasteiger partial charge < -0.3 is 10.8 Å². The molecule has 0 heterocycles. The van der Waals surface area contributed by atoms with Gasteiger partial charge >= 0.3 is 6.09 Å². The van der Waals surface area contributed by atoms with Crippen molar-refractivity contribution in [3.05, 3.63) is 11.6 Å². The van der Waals surface area contributed by atoms with E-state index in [9.17, 15) is 9.90 Å². The predicted molar refractivity (Wildman–Crippen MR) is 142 cm³/mol. The molecule has 0 aromatic carbocycles. The van der Waals surface area contributed by atoms with E-state index in [4.69, 9.17) is 10.6 Å². The van der Waals surface area contributed by atoms with E-state index in [2.05, 4.69) is 40.7 Å². The van der Waals surface area contributed by atoms with E-state index in [0.717, 1.165) is 59.8 Å². The minimum Gasteiger partial charge on any atom is -0.463 e. The number of fused-ring (bicyclic) bond motifs is 5. The van der Waals surface area contributed by atoms with Gasteiger partial charge in [-0.2, -0.15) is 5.06 Å². The lowest BCUT2D eigenvalue weighted by molar-refractivity contribution is -0.180. The Morgan fingerprint density at radius 1 is 1.14 bits per heavy atom. The van der Waals surface area contributed by atoms with Crippen molar-refractivity contribution in [3.8, 4) is 0 Å². The van der Waals surface area contributed by atoms with E-state index in [1.807, 2.05) is 0 Å². The number of hydroxylamine groups is 2. The number of carboxylic acid groups (broad SMARTS) is 1. The lowest BCUT2D eigenvalue weighted by Gasteiger charge is -2.58. The first kappa shape index (κ1) is 27.0. The van der Waals surface area contributed by atoms with Crippen LogP contribution in [0.15, 0.2) is 11.6 Å². The highest BCUT2D eigenvalue weighted by Crippen LogP contribution is 2.67. The third-order valence-electron chi connectivity index (χ3n) is 11.1. The molecular formula is C30H52N2O3. The maximum atomic E-state index is 11.5. The molecule has 0 aromatic rings. The van der Waals surface area contributed by atoms with Gasteiger partial charge in [0.15, 0.2) is 0 Å². The molecule has 0 spiro atoms. The van der Waals surface area contributed by atoms with Crippen molar-refractivity contribution >= 4 is 6.09 Å². The fourth-order valence-electron chi connectivity index (χ4n) is 9.23. The highest BCUT2D eigenvalue weighted by atomic mass is 16.7. The number of amides is 1. The summed E-state index contributed by atoms with van der Waals surface area (Å²) in [6, 6.07) is 0. The van der Waals surface area contributed by atoms with Gasteiger partial charge in [0, 0.05) is 6.54 Å². The van der Waals surface area contributed by atoms with E-state index in [1.165, 1.54) is 56.9 Å². The molecule has 8 atom stereocenters. The van der Waals surface area contributed by atoms with Crippen molar-refractivity contribution in [1.29, 1.82) is 0 Å². The van der Waals surface area contributed by atoms with Gasteiger partial charge in [0.25, 0.3) is 0 Å². The van der Waals surface area contributed by atoms with E-state index in [1.54, 1.807) is 0 Å². The second-order valence-electron chi connectivity index (χ2n) is 13.4. The van der Waals surface area contributed by atoms with Gasteiger partial charge in [-0.05, 0) is 97.7 Å². The van der Waals surface area contributed by atoms with E-state index >= 15 is 0 Å². The van der Waals surface area contributed by atoms with Crippen LogP contribution in [0.3, 0.4) is 0 Å². The molecule has 4 aliphatic carbocycles. The highest BCUT2D eigenvalue weighted by molar-refractivity contribution is 5.63. The van der Waals surface area contributed by atoms with Crippen molar-refractivity contribution in [2.45, 2.75) is 111 Å². The van der Waals surface area contributed by atoms with Crippen molar-refractivity contribution < 1.29 is 14.7 Å². The number of hydrogen-bond acceptors (Lipinski definition) is 3. The Balaban J connectivity index is 1.43. The van der Waals surface area contributed by atoms with Crippen LogP contribution in [0, 0.1) is 46.3 Å². The summed E-state index contributed by atoms with van der Waals surface area (Å²) in [7, 11) is 0. The zero-order chi connectivity index (χ0) is 25.4. The Morgan fingerprint density at radius 3 is 2.60 bits per heavy atom. The standard InChI is InChI=1S/C30H52N2O3/c1-20(2)7-6-8-21(3)25-11-12-26-24-10-9-22-19-23(35-32(18-17-31)28(33)34)13-15-29(22,4)27(24)14-16-30(25,26)5/h9,20-21,23-27H,6-8,10-19,31H2,1-5H3,(H,33,34)/t21-,23+,24+,25-,26+,27+,29+,30-/m1/s1. The summed E-state index contributed by atoms with van der Waals surface area (Å²) < 4.78 is 0. The van der Waals surface area contributed by atoms with Crippen LogP contribution < -0.4 is 5.73 Å². The molecule has 0 aromatic heterocycles. The average molecular weight is 489 g/mol. The molecule has 0 radical (unpaired) electrons. The molecule has 4 rings (SSSR count). The molecule has 0 unspecified atom stereocenters. The summed E-state index contributed by atoms with van der Waals surface area (Å²) in [5.41, 5.74) is 7.90. The molecule has 200 valence electrons. The Kier molecular flexibility index (Phi) is 8.27. The SMILES string of the molecule is CC(C)CCC[C@@H](C)[C@H]1CC[C@H]2[C@@H]3CC=C4C[C@@H](ON(CCN)C(=O)O)CC[C@]4(C)[C@H]3CC[C@]12C. The Morgan fingerprint density at radius 2 is 1.91 bits per heavy atom. The molecule has 3 saturated carbocycles. The van der Waals surface area contributed by atoms with Crippen LogP contribution in [0.5, 0.6) is 0 Å². The summed E-state index contributed by atoms with van der Waals surface area (Å²) in [5.74, 6) is 5.03. The zero-order valence-electron chi connectivity index (χ0n) is 23.1. The molecule has 3 fully saturated rings. The quantitative estimate of drug-likeness (QED) is 0.264. The van der Waals surface area contributed by atoms with Gasteiger partial charge in [-0.1, -0.05) is 65.5 Å². The smallest absolute Gasteiger partial charge is 0.431 e. The maximum Gasteiger partial charge on any atom is 0.431 e. The van der Waals surface area contributed by atoms with Gasteiger partial charge in [-0.3, -0.25) is 4.84 Å². The zero-order valence-corrected chi connectivity index (χ0v) is 23.1. The second-order valence-corrected chi connectivity index (χ2v) is 13.4. The molecule has 5 nitrogen and oxygen atoms in total. The molecule has 0 saturated heterocycles. The maximum absolute atomic E-state index is 11.5. The van der Waals surface area contributed by atoms with Gasteiger partial charge in [-0.25, -0.2) is 4.79 Å². The molecular weight excluding hydrogens is 436 g/mol. The number of allylic oxidation sites excluding steroid dienone is 1. The van der Waals surface area contributed by atoms with Crippen LogP contribution in [-0.2, 0) is 4.84 Å². The molecule has 5 heteroatoms. The van der Waals surface area contributed by atoms with Crippen LogP contribution in [-0.4, -0.2) is 35.5 Å². The third kappa shape index (κ3) is 5.19. The average Bonchev–Trinajstić information content (AvgIpc) is 3.16. The first-order chi connectivity index (χ1) is 16.6. The van der Waals surface area contributed by atoms with Gasteiger partial charge in [0.2, 0.25) is 0 Å². The van der Waals surface area contributed by atoms with E-state index in [-0.39, 0.29) is 24.6 Å². The van der Waals surface area contributed by atoms with Gasteiger partial charge in [0.1, 0.15) is 0 Å². The topological polar surface area (TPSA) is 75.8 Å². The van der Waals surface area contributed by atoms with Crippen LogP contribution in [0.1, 0.15) is 105 Å². The second kappa shape index (κ2) is 10.7. The first-order valence-corrected chi connectivity index (χ1v) is 14.7. The van der Waals surface area contributed by atoms with Crippen molar-refractivity contribution in [2.75, 3.05) is 13.1 Å². The van der Waals surface area contributed by atoms with Crippen LogP contribution in [0.25, 0.3) is 0 Å². The minimum atomic E-state index is -1.04. The minimum absolute atomic E-state index is 0.0510. The van der Waals surface area contributed by atoms with Gasteiger partial charge in [0.05, 0.1) is 12.6 Å². The Hall–Kier alpha value is -1.07. The molecule has 4 aliphatic rings. The summed E-state index contributed by atoms with van der Waals surface area (Å²) in [5, 5.41) is 10.5. The summed E-state index contributed by atoms with van der Waals surface area (Å²) in [6.07, 6.45) is 15.4. The summed E-state index contributed by atoms with van der Waals surface area (Å²) >= 11 is 0. The Labute approximate surface area is 214 Å². The van der Waals surface area contributed by atoms with E-state index in [0.29, 0.717) is 5.41 Å². The number of carbonyl (C=O) groups is 1.